The van der Waals surface area contributed by atoms with E-state index in [4.69, 9.17) is 4.74 Å². The van der Waals surface area contributed by atoms with E-state index in [1.54, 1.807) is 31.2 Å². The van der Waals surface area contributed by atoms with E-state index in [-0.39, 0.29) is 4.90 Å². The molecule has 1 unspecified atom stereocenters. The molecule has 2 aromatic carbocycles. The minimum atomic E-state index is -4.27. The molecular weight excluding hydrogens is 276 g/mol. The maximum absolute atomic E-state index is 11.4. The summed E-state index contributed by atoms with van der Waals surface area (Å²) < 4.78 is 37.9. The Balaban J connectivity index is 2.39. The van der Waals surface area contributed by atoms with E-state index in [1.165, 1.54) is 6.07 Å². The summed E-state index contributed by atoms with van der Waals surface area (Å²) in [4.78, 5) is -0.119. The molecule has 2 aromatic rings. The molecule has 0 aliphatic heterocycles. The van der Waals surface area contributed by atoms with Crippen LogP contribution in [0.2, 0.25) is 0 Å². The Morgan fingerprint density at radius 2 is 1.75 bits per heavy atom. The van der Waals surface area contributed by atoms with Gasteiger partial charge in [-0.3, -0.25) is 4.55 Å². The van der Waals surface area contributed by atoms with Gasteiger partial charge in [-0.25, -0.2) is 0 Å². The highest BCUT2D eigenvalue weighted by Gasteiger charge is 2.20. The highest BCUT2D eigenvalue weighted by Crippen LogP contribution is 2.27. The van der Waals surface area contributed by atoms with Crippen molar-refractivity contribution in [2.45, 2.75) is 24.8 Å². The summed E-state index contributed by atoms with van der Waals surface area (Å²) in [5, 5.41) is 0. The van der Waals surface area contributed by atoms with Crippen LogP contribution in [0.4, 0.5) is 0 Å². The Morgan fingerprint density at radius 1 is 1.10 bits per heavy atom. The molecule has 2 rings (SSSR count). The van der Waals surface area contributed by atoms with Crippen LogP contribution in [-0.4, -0.2) is 13.0 Å². The van der Waals surface area contributed by atoms with Crippen molar-refractivity contribution in [1.82, 2.24) is 0 Å². The Bertz CT molecular complexity index is 693. The molecule has 0 aliphatic rings. The van der Waals surface area contributed by atoms with Crippen molar-refractivity contribution >= 4 is 10.1 Å². The molecule has 5 heteroatoms. The normalized spacial score (nSPS) is 12.9. The first-order valence-corrected chi connectivity index (χ1v) is 7.61. The third-order valence-electron chi connectivity index (χ3n) is 2.94. The first-order valence-electron chi connectivity index (χ1n) is 6.17. The molecule has 0 aromatic heterocycles. The first kappa shape index (κ1) is 14.6. The van der Waals surface area contributed by atoms with Crippen LogP contribution >= 0.6 is 0 Å². The summed E-state index contributed by atoms with van der Waals surface area (Å²) in [6, 6.07) is 13.9. The van der Waals surface area contributed by atoms with Gasteiger partial charge in [-0.2, -0.15) is 8.42 Å². The Labute approximate surface area is 118 Å². The third kappa shape index (κ3) is 3.37. The Hall–Kier alpha value is -1.85. The second-order valence-corrected chi connectivity index (χ2v) is 5.98. The zero-order valence-corrected chi connectivity index (χ0v) is 12.1. The Morgan fingerprint density at radius 3 is 2.35 bits per heavy atom. The van der Waals surface area contributed by atoms with Crippen molar-refractivity contribution < 1.29 is 17.7 Å². The molecule has 0 heterocycles. The molecule has 0 saturated heterocycles. The molecule has 0 saturated carbocycles. The number of para-hydroxylation sites is 1. The van der Waals surface area contributed by atoms with Crippen molar-refractivity contribution in [3.05, 3.63) is 59.7 Å². The summed E-state index contributed by atoms with van der Waals surface area (Å²) in [6.45, 7) is 3.60. The number of rotatable bonds is 4. The molecule has 0 aliphatic carbocycles. The number of benzene rings is 2. The van der Waals surface area contributed by atoms with Crippen LogP contribution in [0.5, 0.6) is 5.75 Å². The maximum atomic E-state index is 11.4. The number of hydrogen-bond donors (Lipinski definition) is 1. The lowest BCUT2D eigenvalue weighted by molar-refractivity contribution is 0.223. The molecule has 4 nitrogen and oxygen atoms in total. The number of ether oxygens (including phenoxy) is 1. The monoisotopic (exact) mass is 292 g/mol. The minimum absolute atomic E-state index is 0.119. The smallest absolute Gasteiger partial charge is 0.294 e. The van der Waals surface area contributed by atoms with E-state index < -0.39 is 16.2 Å². The SMILES string of the molecule is Cc1ccc(S(=O)(=O)O)c(C(C)Oc2ccccc2)c1. The zero-order chi connectivity index (χ0) is 14.8. The summed E-state index contributed by atoms with van der Waals surface area (Å²) >= 11 is 0. The van der Waals surface area contributed by atoms with Crippen LogP contribution in [0.25, 0.3) is 0 Å². The van der Waals surface area contributed by atoms with Gasteiger partial charge in [0.25, 0.3) is 10.1 Å². The first-order chi connectivity index (χ1) is 9.38. The van der Waals surface area contributed by atoms with Gasteiger partial charge in [0.15, 0.2) is 0 Å². The average molecular weight is 292 g/mol. The van der Waals surface area contributed by atoms with Crippen LogP contribution in [0.3, 0.4) is 0 Å². The quantitative estimate of drug-likeness (QED) is 0.877. The van der Waals surface area contributed by atoms with Crippen LogP contribution in [0, 0.1) is 6.92 Å². The fourth-order valence-corrected chi connectivity index (χ4v) is 2.75. The summed E-state index contributed by atoms with van der Waals surface area (Å²) in [5.41, 5.74) is 1.34. The van der Waals surface area contributed by atoms with Gasteiger partial charge in [0, 0.05) is 5.56 Å². The Kier molecular flexibility index (Phi) is 4.11. The van der Waals surface area contributed by atoms with Crippen molar-refractivity contribution in [3.8, 4) is 5.75 Å². The van der Waals surface area contributed by atoms with Crippen LogP contribution in [0.15, 0.2) is 53.4 Å². The second-order valence-electron chi connectivity index (χ2n) is 4.59. The zero-order valence-electron chi connectivity index (χ0n) is 11.3. The van der Waals surface area contributed by atoms with E-state index in [2.05, 4.69) is 0 Å². The second kappa shape index (κ2) is 5.64. The van der Waals surface area contributed by atoms with Crippen molar-refractivity contribution in [3.63, 3.8) is 0 Å². The molecule has 0 amide bonds. The summed E-state index contributed by atoms with van der Waals surface area (Å²) in [7, 11) is -4.27. The van der Waals surface area contributed by atoms with Gasteiger partial charge >= 0.3 is 0 Å². The van der Waals surface area contributed by atoms with E-state index in [9.17, 15) is 13.0 Å². The van der Waals surface area contributed by atoms with Crippen LogP contribution in [0.1, 0.15) is 24.2 Å². The van der Waals surface area contributed by atoms with Crippen LogP contribution in [-0.2, 0) is 10.1 Å². The highest BCUT2D eigenvalue weighted by atomic mass is 32.2. The van der Waals surface area contributed by atoms with Gasteiger partial charge in [-0.05, 0) is 32.0 Å². The van der Waals surface area contributed by atoms with E-state index >= 15 is 0 Å². The van der Waals surface area contributed by atoms with Crippen molar-refractivity contribution in [2.75, 3.05) is 0 Å². The molecule has 1 atom stereocenters. The van der Waals surface area contributed by atoms with Gasteiger partial charge in [-0.15, -0.1) is 0 Å². The van der Waals surface area contributed by atoms with Gasteiger partial charge < -0.3 is 4.74 Å². The molecular formula is C15H16O4S. The highest BCUT2D eigenvalue weighted by molar-refractivity contribution is 7.85. The molecule has 106 valence electrons. The van der Waals surface area contributed by atoms with E-state index in [0.29, 0.717) is 11.3 Å². The lowest BCUT2D eigenvalue weighted by atomic mass is 10.1. The molecule has 0 fully saturated rings. The average Bonchev–Trinajstić information content (AvgIpc) is 2.38. The third-order valence-corrected chi connectivity index (χ3v) is 3.86. The molecule has 0 bridgehead atoms. The van der Waals surface area contributed by atoms with Gasteiger partial charge in [0.1, 0.15) is 16.7 Å². The standard InChI is InChI=1S/C15H16O4S/c1-11-8-9-15(20(16,17)18)14(10-11)12(2)19-13-6-4-3-5-7-13/h3-10,12H,1-2H3,(H,16,17,18). The maximum Gasteiger partial charge on any atom is 0.294 e. The predicted molar refractivity (Wildman–Crippen MR) is 76.5 cm³/mol. The predicted octanol–water partition coefficient (Wildman–Crippen LogP) is 3.38. The fraction of sp³-hybridized carbons (Fsp3) is 0.200. The molecule has 20 heavy (non-hydrogen) atoms. The molecule has 0 radical (unpaired) electrons. The van der Waals surface area contributed by atoms with E-state index in [1.807, 2.05) is 25.1 Å². The topological polar surface area (TPSA) is 63.6 Å². The number of hydrogen-bond acceptors (Lipinski definition) is 3. The van der Waals surface area contributed by atoms with Crippen molar-refractivity contribution in [2.24, 2.45) is 0 Å². The largest absolute Gasteiger partial charge is 0.486 e. The lowest BCUT2D eigenvalue weighted by Crippen LogP contribution is -2.10. The molecule has 0 spiro atoms. The minimum Gasteiger partial charge on any atom is -0.486 e. The summed E-state index contributed by atoms with van der Waals surface area (Å²) in [5.74, 6) is 0.641. The lowest BCUT2D eigenvalue weighted by Gasteiger charge is -2.18. The van der Waals surface area contributed by atoms with Gasteiger partial charge in [0.2, 0.25) is 0 Å². The van der Waals surface area contributed by atoms with Crippen LogP contribution < -0.4 is 4.74 Å². The fourth-order valence-electron chi connectivity index (χ4n) is 1.99. The van der Waals surface area contributed by atoms with Crippen molar-refractivity contribution in [1.29, 1.82) is 0 Å². The van der Waals surface area contributed by atoms with Gasteiger partial charge in [0.05, 0.1) is 0 Å². The molecule has 1 N–H and O–H groups in total. The number of aryl methyl sites for hydroxylation is 1. The van der Waals surface area contributed by atoms with E-state index in [0.717, 1.165) is 5.56 Å². The summed E-state index contributed by atoms with van der Waals surface area (Å²) in [6.07, 6.45) is -0.491. The van der Waals surface area contributed by atoms with Gasteiger partial charge in [-0.1, -0.05) is 35.9 Å².